The van der Waals surface area contributed by atoms with E-state index in [-0.39, 0.29) is 12.4 Å². The average Bonchev–Trinajstić information content (AvgIpc) is 3.20. The molecule has 6 nitrogen and oxygen atoms in total. The second-order valence-corrected chi connectivity index (χ2v) is 7.25. The molecule has 0 spiro atoms. The molecule has 1 heterocycles. The monoisotopic (exact) mass is 439 g/mol. The molecule has 162 valence electrons. The first kappa shape index (κ1) is 22.6. The summed E-state index contributed by atoms with van der Waals surface area (Å²) < 4.78 is 10.4. The number of aromatic amines is 1. The van der Waals surface area contributed by atoms with Crippen LogP contribution in [-0.4, -0.2) is 23.3 Å². The number of hydrogen-bond acceptors (Lipinski definition) is 5. The Labute approximate surface area is 187 Å². The molecule has 0 atom stereocenters. The molecular formula is C24H26ClN3O3. The van der Waals surface area contributed by atoms with Crippen molar-refractivity contribution in [1.82, 2.24) is 15.5 Å². The molecule has 0 radical (unpaired) electrons. The maximum absolute atomic E-state index is 10.9. The molecule has 0 aliphatic rings. The minimum absolute atomic E-state index is 0. The first-order valence-electron chi connectivity index (χ1n) is 10.2. The van der Waals surface area contributed by atoms with Crippen LogP contribution in [0.25, 0.3) is 10.8 Å². The van der Waals surface area contributed by atoms with E-state index >= 15 is 0 Å². The second-order valence-electron chi connectivity index (χ2n) is 7.25. The number of aromatic nitrogens is 2. The Balaban J connectivity index is 0.00000272. The Kier molecular flexibility index (Phi) is 8.27. The molecule has 7 heteroatoms. The molecule has 1 aromatic heterocycles. The zero-order valence-corrected chi connectivity index (χ0v) is 18.0. The normalized spacial score (nSPS) is 10.7. The molecule has 0 aliphatic heterocycles. The summed E-state index contributed by atoms with van der Waals surface area (Å²) in [6, 6.07) is 23.1. The van der Waals surface area contributed by atoms with E-state index in [0.717, 1.165) is 25.1 Å². The van der Waals surface area contributed by atoms with Crippen molar-refractivity contribution < 1.29 is 9.26 Å². The fraction of sp³-hybridized carbons (Fsp3) is 0.250. The molecule has 4 rings (SSSR count). The minimum Gasteiger partial charge on any atom is -0.494 e. The van der Waals surface area contributed by atoms with Crippen molar-refractivity contribution in [3.8, 4) is 5.75 Å². The third-order valence-corrected chi connectivity index (χ3v) is 4.95. The molecule has 0 saturated heterocycles. The van der Waals surface area contributed by atoms with Crippen LogP contribution in [0.2, 0.25) is 0 Å². The van der Waals surface area contributed by atoms with Crippen LogP contribution >= 0.6 is 12.4 Å². The molecule has 0 amide bonds. The summed E-state index contributed by atoms with van der Waals surface area (Å²) in [7, 11) is 0. The third kappa shape index (κ3) is 6.70. The van der Waals surface area contributed by atoms with Crippen LogP contribution in [0, 0.1) is 0 Å². The van der Waals surface area contributed by atoms with Crippen molar-refractivity contribution in [3.63, 3.8) is 0 Å². The number of H-pyrrole nitrogens is 1. The highest BCUT2D eigenvalue weighted by molar-refractivity contribution is 5.85. The fourth-order valence-corrected chi connectivity index (χ4v) is 3.39. The van der Waals surface area contributed by atoms with Gasteiger partial charge in [0.1, 0.15) is 5.75 Å². The van der Waals surface area contributed by atoms with Gasteiger partial charge in [0.2, 0.25) is 0 Å². The maximum atomic E-state index is 10.9. The van der Waals surface area contributed by atoms with E-state index in [1.807, 2.05) is 12.1 Å². The molecule has 0 bridgehead atoms. The minimum atomic E-state index is -0.515. The number of rotatable bonds is 10. The van der Waals surface area contributed by atoms with Gasteiger partial charge >= 0.3 is 5.76 Å². The van der Waals surface area contributed by atoms with E-state index in [9.17, 15) is 4.79 Å². The molecule has 2 N–H and O–H groups in total. The lowest BCUT2D eigenvalue weighted by Gasteiger charge is -2.09. The Bertz CT molecular complexity index is 1140. The summed E-state index contributed by atoms with van der Waals surface area (Å²) in [5, 5.41) is 9.36. The molecule has 4 aromatic rings. The molecule has 0 saturated carbocycles. The molecule has 3 aromatic carbocycles. The highest BCUT2D eigenvalue weighted by Gasteiger charge is 2.02. The standard InChI is InChI=1S/C24H25N3O3.ClH/c28-24-26-23(27-30-24)12-13-25-17-19-8-9-21-16-22(11-10-20(21)15-19)29-14-4-7-18-5-2-1-3-6-18;/h1-3,5-6,8-11,15-16,25H,4,7,12-14,17H2,(H,26,27,28);1H. The van der Waals surface area contributed by atoms with Gasteiger partial charge in [-0.15, -0.1) is 12.4 Å². The van der Waals surface area contributed by atoms with Gasteiger partial charge in [0, 0.05) is 19.5 Å². The van der Waals surface area contributed by atoms with Crippen molar-refractivity contribution in [2.24, 2.45) is 0 Å². The van der Waals surface area contributed by atoms with Crippen molar-refractivity contribution in [3.05, 3.63) is 94.2 Å². The van der Waals surface area contributed by atoms with Gasteiger partial charge in [-0.2, -0.15) is 0 Å². The summed E-state index contributed by atoms with van der Waals surface area (Å²) in [5.41, 5.74) is 2.54. The molecule has 31 heavy (non-hydrogen) atoms. The first-order chi connectivity index (χ1) is 14.8. The van der Waals surface area contributed by atoms with Crippen LogP contribution in [0.4, 0.5) is 0 Å². The summed E-state index contributed by atoms with van der Waals surface area (Å²) >= 11 is 0. The number of nitrogens with zero attached hydrogens (tertiary/aromatic N) is 1. The van der Waals surface area contributed by atoms with Gasteiger partial charge < -0.3 is 10.1 Å². The molecule has 0 fully saturated rings. The van der Waals surface area contributed by atoms with Crippen LogP contribution in [0.1, 0.15) is 23.4 Å². The first-order valence-corrected chi connectivity index (χ1v) is 10.2. The van der Waals surface area contributed by atoms with E-state index in [2.05, 4.69) is 74.6 Å². The Morgan fingerprint density at radius 3 is 2.55 bits per heavy atom. The number of hydrogen-bond donors (Lipinski definition) is 2. The number of ether oxygens (including phenoxy) is 1. The predicted octanol–water partition coefficient (Wildman–Crippen LogP) is 4.28. The van der Waals surface area contributed by atoms with Gasteiger partial charge in [0.15, 0.2) is 5.82 Å². The SMILES string of the molecule is Cl.O=c1[nH]c(CCNCc2ccc3cc(OCCCc4ccccc4)ccc3c2)no1. The highest BCUT2D eigenvalue weighted by Crippen LogP contribution is 2.22. The van der Waals surface area contributed by atoms with E-state index in [1.54, 1.807) is 0 Å². The Morgan fingerprint density at radius 1 is 0.935 bits per heavy atom. The Hall–Kier alpha value is -3.09. The van der Waals surface area contributed by atoms with E-state index in [0.29, 0.717) is 25.4 Å². The van der Waals surface area contributed by atoms with Crippen LogP contribution in [0.15, 0.2) is 76.0 Å². The predicted molar refractivity (Wildman–Crippen MR) is 124 cm³/mol. The Morgan fingerprint density at radius 2 is 1.74 bits per heavy atom. The molecule has 0 unspecified atom stereocenters. The third-order valence-electron chi connectivity index (χ3n) is 4.95. The van der Waals surface area contributed by atoms with Crippen molar-refractivity contribution in [1.29, 1.82) is 0 Å². The van der Waals surface area contributed by atoms with Crippen LogP contribution in [0.3, 0.4) is 0 Å². The quantitative estimate of drug-likeness (QED) is 0.360. The van der Waals surface area contributed by atoms with Crippen LogP contribution in [-0.2, 0) is 19.4 Å². The lowest BCUT2D eigenvalue weighted by Crippen LogP contribution is -2.17. The molecule has 0 aliphatic carbocycles. The van der Waals surface area contributed by atoms with Crippen LogP contribution in [0.5, 0.6) is 5.75 Å². The smallest absolute Gasteiger partial charge is 0.438 e. The molecular weight excluding hydrogens is 414 g/mol. The number of nitrogens with one attached hydrogen (secondary N) is 2. The fourth-order valence-electron chi connectivity index (χ4n) is 3.39. The average molecular weight is 440 g/mol. The van der Waals surface area contributed by atoms with Crippen molar-refractivity contribution in [2.75, 3.05) is 13.2 Å². The van der Waals surface area contributed by atoms with Gasteiger partial charge in [-0.3, -0.25) is 9.51 Å². The lowest BCUT2D eigenvalue weighted by molar-refractivity contribution is 0.311. The van der Waals surface area contributed by atoms with Gasteiger partial charge in [0.05, 0.1) is 6.61 Å². The van der Waals surface area contributed by atoms with Gasteiger partial charge in [-0.1, -0.05) is 53.7 Å². The number of benzene rings is 3. The van der Waals surface area contributed by atoms with E-state index in [1.165, 1.54) is 21.9 Å². The van der Waals surface area contributed by atoms with Gasteiger partial charge in [-0.05, 0) is 52.9 Å². The van der Waals surface area contributed by atoms with Gasteiger partial charge in [0.25, 0.3) is 0 Å². The van der Waals surface area contributed by atoms with E-state index < -0.39 is 5.76 Å². The topological polar surface area (TPSA) is 80.2 Å². The number of aryl methyl sites for hydroxylation is 1. The highest BCUT2D eigenvalue weighted by atomic mass is 35.5. The summed E-state index contributed by atoms with van der Waals surface area (Å²) in [4.78, 5) is 13.5. The largest absolute Gasteiger partial charge is 0.494 e. The van der Waals surface area contributed by atoms with Gasteiger partial charge in [-0.25, -0.2) is 4.79 Å². The summed E-state index contributed by atoms with van der Waals surface area (Å²) in [5.74, 6) is 0.949. The number of fused-ring (bicyclic) bond motifs is 1. The van der Waals surface area contributed by atoms with Crippen molar-refractivity contribution >= 4 is 23.2 Å². The summed E-state index contributed by atoms with van der Waals surface area (Å²) in [6.07, 6.45) is 2.64. The zero-order chi connectivity index (χ0) is 20.6. The van der Waals surface area contributed by atoms with Crippen molar-refractivity contribution in [2.45, 2.75) is 25.8 Å². The van der Waals surface area contributed by atoms with E-state index in [4.69, 9.17) is 4.74 Å². The second kappa shape index (κ2) is 11.3. The lowest BCUT2D eigenvalue weighted by atomic mass is 10.1. The number of halogens is 1. The maximum Gasteiger partial charge on any atom is 0.438 e. The zero-order valence-electron chi connectivity index (χ0n) is 17.2. The summed E-state index contributed by atoms with van der Waals surface area (Å²) in [6.45, 7) is 2.16. The van der Waals surface area contributed by atoms with Crippen LogP contribution < -0.4 is 15.8 Å².